The van der Waals surface area contributed by atoms with Gasteiger partial charge in [-0.05, 0) is 31.0 Å². The maximum atomic E-state index is 12.9. The minimum atomic E-state index is -4.44. The van der Waals surface area contributed by atoms with Crippen molar-refractivity contribution in [2.45, 2.75) is 24.9 Å². The molecular weight excluding hydrogens is 323 g/mol. The summed E-state index contributed by atoms with van der Waals surface area (Å²) in [6.45, 7) is -0.0794. The smallest absolute Gasteiger partial charge is 0.395 e. The molecule has 0 aliphatic heterocycles. The molecular formula is C16H16F3N3O2. The van der Waals surface area contributed by atoms with Gasteiger partial charge in [0.05, 0.1) is 35.3 Å². The number of halogens is 3. The van der Waals surface area contributed by atoms with Crippen molar-refractivity contribution in [1.82, 2.24) is 15.1 Å². The second-order valence-corrected chi connectivity index (χ2v) is 5.66. The van der Waals surface area contributed by atoms with E-state index in [-0.39, 0.29) is 30.7 Å². The number of aromatic nitrogens is 2. The molecule has 128 valence electrons. The molecule has 5 nitrogen and oxygen atoms in total. The van der Waals surface area contributed by atoms with Crippen LogP contribution in [0.4, 0.5) is 13.2 Å². The molecule has 1 aromatic heterocycles. The van der Waals surface area contributed by atoms with Gasteiger partial charge in [0.2, 0.25) is 0 Å². The van der Waals surface area contributed by atoms with Gasteiger partial charge in [0.25, 0.3) is 5.91 Å². The standard InChI is InChI=1S/C16H16F3N3O2/c17-16(18,19)11-2-1-3-12(8-11)22-14(10-4-5-10)13(9-21-22)15(24)20-6-7-23/h1-3,8-10,23H,4-7H2,(H,20,24). The summed E-state index contributed by atoms with van der Waals surface area (Å²) in [5.74, 6) is -0.277. The fourth-order valence-electron chi connectivity index (χ4n) is 2.57. The Hall–Kier alpha value is -2.35. The third kappa shape index (κ3) is 3.28. The molecule has 1 aliphatic rings. The summed E-state index contributed by atoms with van der Waals surface area (Å²) >= 11 is 0. The van der Waals surface area contributed by atoms with E-state index < -0.39 is 11.7 Å². The van der Waals surface area contributed by atoms with E-state index in [9.17, 15) is 18.0 Å². The minimum Gasteiger partial charge on any atom is -0.395 e. The Bertz CT molecular complexity index is 751. The highest BCUT2D eigenvalue weighted by Crippen LogP contribution is 2.42. The van der Waals surface area contributed by atoms with Gasteiger partial charge < -0.3 is 10.4 Å². The van der Waals surface area contributed by atoms with Gasteiger partial charge >= 0.3 is 6.18 Å². The van der Waals surface area contributed by atoms with Crippen LogP contribution in [-0.4, -0.2) is 33.9 Å². The SMILES string of the molecule is O=C(NCCO)c1cnn(-c2cccc(C(F)(F)F)c2)c1C1CC1. The van der Waals surface area contributed by atoms with E-state index in [1.165, 1.54) is 23.0 Å². The second-order valence-electron chi connectivity index (χ2n) is 5.66. The number of rotatable bonds is 5. The van der Waals surface area contributed by atoms with Gasteiger partial charge in [-0.3, -0.25) is 4.79 Å². The fraction of sp³-hybridized carbons (Fsp3) is 0.375. The van der Waals surface area contributed by atoms with E-state index in [0.29, 0.717) is 11.3 Å². The molecule has 1 amide bonds. The molecule has 24 heavy (non-hydrogen) atoms. The van der Waals surface area contributed by atoms with Gasteiger partial charge in [-0.2, -0.15) is 18.3 Å². The topological polar surface area (TPSA) is 67.2 Å². The van der Waals surface area contributed by atoms with Crippen LogP contribution in [0.5, 0.6) is 0 Å². The van der Waals surface area contributed by atoms with Gasteiger partial charge in [-0.25, -0.2) is 4.68 Å². The summed E-state index contributed by atoms with van der Waals surface area (Å²) in [6, 6.07) is 4.87. The summed E-state index contributed by atoms with van der Waals surface area (Å²) < 4.78 is 40.1. The summed E-state index contributed by atoms with van der Waals surface area (Å²) in [7, 11) is 0. The summed E-state index contributed by atoms with van der Waals surface area (Å²) in [5, 5.41) is 15.5. The molecule has 0 radical (unpaired) electrons. The van der Waals surface area contributed by atoms with Crippen LogP contribution in [-0.2, 0) is 6.18 Å². The van der Waals surface area contributed by atoms with Crippen LogP contribution in [0, 0.1) is 0 Å². The molecule has 2 N–H and O–H groups in total. The van der Waals surface area contributed by atoms with Crippen molar-refractivity contribution in [3.8, 4) is 5.69 Å². The van der Waals surface area contributed by atoms with Crippen LogP contribution in [0.1, 0.15) is 40.4 Å². The molecule has 0 spiro atoms. The lowest BCUT2D eigenvalue weighted by Crippen LogP contribution is -2.27. The van der Waals surface area contributed by atoms with Crippen LogP contribution in [0.2, 0.25) is 0 Å². The Labute approximate surface area is 136 Å². The summed E-state index contributed by atoms with van der Waals surface area (Å²) in [6.07, 6.45) is -1.35. The van der Waals surface area contributed by atoms with Gasteiger partial charge in [0, 0.05) is 12.5 Å². The molecule has 1 heterocycles. The van der Waals surface area contributed by atoms with Crippen molar-refractivity contribution in [3.63, 3.8) is 0 Å². The van der Waals surface area contributed by atoms with Gasteiger partial charge in [-0.1, -0.05) is 6.07 Å². The first-order valence-electron chi connectivity index (χ1n) is 7.56. The van der Waals surface area contributed by atoms with Crippen LogP contribution < -0.4 is 5.32 Å². The lowest BCUT2D eigenvalue weighted by molar-refractivity contribution is -0.137. The average Bonchev–Trinajstić information content (AvgIpc) is 3.30. The number of aliphatic hydroxyl groups excluding tert-OH is 1. The Morgan fingerprint density at radius 3 is 2.75 bits per heavy atom. The first-order valence-corrected chi connectivity index (χ1v) is 7.56. The zero-order valence-electron chi connectivity index (χ0n) is 12.7. The van der Waals surface area contributed by atoms with Crippen molar-refractivity contribution in [2.24, 2.45) is 0 Å². The molecule has 1 aromatic carbocycles. The quantitative estimate of drug-likeness (QED) is 0.879. The molecule has 2 aromatic rings. The molecule has 1 saturated carbocycles. The average molecular weight is 339 g/mol. The number of hydrogen-bond acceptors (Lipinski definition) is 3. The highest BCUT2D eigenvalue weighted by atomic mass is 19.4. The van der Waals surface area contributed by atoms with Crippen molar-refractivity contribution in [2.75, 3.05) is 13.2 Å². The fourth-order valence-corrected chi connectivity index (χ4v) is 2.57. The minimum absolute atomic E-state index is 0.108. The molecule has 3 rings (SSSR count). The van der Waals surface area contributed by atoms with Crippen LogP contribution in [0.15, 0.2) is 30.5 Å². The first kappa shape index (κ1) is 16.5. The molecule has 1 fully saturated rings. The van der Waals surface area contributed by atoms with Crippen LogP contribution >= 0.6 is 0 Å². The van der Waals surface area contributed by atoms with Gasteiger partial charge in [-0.15, -0.1) is 0 Å². The lowest BCUT2D eigenvalue weighted by Gasteiger charge is -2.12. The van der Waals surface area contributed by atoms with E-state index in [4.69, 9.17) is 5.11 Å². The third-order valence-corrected chi connectivity index (χ3v) is 3.83. The van der Waals surface area contributed by atoms with E-state index in [0.717, 1.165) is 25.0 Å². The second kappa shape index (κ2) is 6.27. The van der Waals surface area contributed by atoms with Crippen molar-refractivity contribution < 1.29 is 23.1 Å². The maximum absolute atomic E-state index is 12.9. The highest BCUT2D eigenvalue weighted by molar-refractivity contribution is 5.95. The van der Waals surface area contributed by atoms with E-state index in [1.54, 1.807) is 0 Å². The van der Waals surface area contributed by atoms with Crippen LogP contribution in [0.25, 0.3) is 5.69 Å². The number of amides is 1. The van der Waals surface area contributed by atoms with Crippen molar-refractivity contribution in [1.29, 1.82) is 0 Å². The first-order chi connectivity index (χ1) is 11.4. The molecule has 0 saturated heterocycles. The van der Waals surface area contributed by atoms with Crippen molar-refractivity contribution >= 4 is 5.91 Å². The van der Waals surface area contributed by atoms with Gasteiger partial charge in [0.15, 0.2) is 0 Å². The molecule has 1 aliphatic carbocycles. The number of aliphatic hydroxyl groups is 1. The predicted octanol–water partition coefficient (Wildman–Crippen LogP) is 2.49. The normalized spacial score (nSPS) is 14.7. The number of alkyl halides is 3. The van der Waals surface area contributed by atoms with E-state index in [1.807, 2.05) is 0 Å². The molecule has 0 atom stereocenters. The lowest BCUT2D eigenvalue weighted by atomic mass is 10.1. The van der Waals surface area contributed by atoms with E-state index >= 15 is 0 Å². The maximum Gasteiger partial charge on any atom is 0.416 e. The zero-order valence-corrected chi connectivity index (χ0v) is 12.7. The largest absolute Gasteiger partial charge is 0.416 e. The Kier molecular flexibility index (Phi) is 4.31. The van der Waals surface area contributed by atoms with Gasteiger partial charge in [0.1, 0.15) is 0 Å². The summed E-state index contributed by atoms with van der Waals surface area (Å²) in [5.41, 5.74) is 0.463. The highest BCUT2D eigenvalue weighted by Gasteiger charge is 2.34. The monoisotopic (exact) mass is 339 g/mol. The van der Waals surface area contributed by atoms with E-state index in [2.05, 4.69) is 10.4 Å². The number of nitrogens with zero attached hydrogens (tertiary/aromatic N) is 2. The number of nitrogens with one attached hydrogen (secondary N) is 1. The number of carbonyl (C=O) groups excluding carboxylic acids is 1. The molecule has 0 bridgehead atoms. The number of benzene rings is 1. The Morgan fingerprint density at radius 2 is 2.12 bits per heavy atom. The summed E-state index contributed by atoms with van der Waals surface area (Å²) in [4.78, 5) is 12.2. The van der Waals surface area contributed by atoms with Crippen LogP contribution in [0.3, 0.4) is 0 Å². The number of carbonyl (C=O) groups is 1. The number of hydrogen-bond donors (Lipinski definition) is 2. The van der Waals surface area contributed by atoms with Crippen molar-refractivity contribution in [3.05, 3.63) is 47.3 Å². The third-order valence-electron chi connectivity index (χ3n) is 3.83. The zero-order chi connectivity index (χ0) is 17.3. The Morgan fingerprint density at radius 1 is 1.38 bits per heavy atom. The predicted molar refractivity (Wildman–Crippen MR) is 80.0 cm³/mol. The molecule has 8 heteroatoms. The molecule has 0 unspecified atom stereocenters. The Balaban J connectivity index is 2.00.